The van der Waals surface area contributed by atoms with Gasteiger partial charge in [-0.25, -0.2) is 4.39 Å². The van der Waals surface area contributed by atoms with Gasteiger partial charge in [0, 0.05) is 28.7 Å². The van der Waals surface area contributed by atoms with Crippen molar-refractivity contribution in [3.63, 3.8) is 0 Å². The Hall–Kier alpha value is -3.94. The lowest BCUT2D eigenvalue weighted by Crippen LogP contribution is -2.27. The van der Waals surface area contributed by atoms with Gasteiger partial charge in [-0.3, -0.25) is 4.79 Å². The number of carbonyl (C=O) groups is 1. The van der Waals surface area contributed by atoms with E-state index in [0.29, 0.717) is 17.0 Å². The van der Waals surface area contributed by atoms with Crippen LogP contribution >= 0.6 is 0 Å². The first-order valence-corrected chi connectivity index (χ1v) is 10.1. The molecule has 1 N–H and O–H groups in total. The lowest BCUT2D eigenvalue weighted by atomic mass is 10.2. The first-order chi connectivity index (χ1) is 15.4. The van der Waals surface area contributed by atoms with Crippen LogP contribution in [0.1, 0.15) is 40.6 Å². The summed E-state index contributed by atoms with van der Waals surface area (Å²) in [5.41, 5.74) is 3.81. The minimum absolute atomic E-state index is 0.249. The summed E-state index contributed by atoms with van der Waals surface area (Å²) in [4.78, 5) is 17.3. The van der Waals surface area contributed by atoms with E-state index in [9.17, 15) is 9.18 Å². The van der Waals surface area contributed by atoms with Crippen LogP contribution < -0.4 is 10.1 Å². The Morgan fingerprint density at radius 2 is 1.91 bits per heavy atom. The van der Waals surface area contributed by atoms with Crippen molar-refractivity contribution in [3.05, 3.63) is 83.3 Å². The molecule has 0 radical (unpaired) electrons. The van der Waals surface area contributed by atoms with Gasteiger partial charge in [-0.05, 0) is 63.2 Å². The number of rotatable bonds is 6. The van der Waals surface area contributed by atoms with Gasteiger partial charge in [0.05, 0.1) is 12.7 Å². The van der Waals surface area contributed by atoms with Crippen LogP contribution in [-0.4, -0.2) is 27.7 Å². The number of hydrogen-bond acceptors (Lipinski definition) is 5. The number of halogens is 1. The predicted octanol–water partition coefficient (Wildman–Crippen LogP) is 4.78. The molecular formula is C24H23FN4O3. The van der Waals surface area contributed by atoms with E-state index in [-0.39, 0.29) is 17.6 Å². The summed E-state index contributed by atoms with van der Waals surface area (Å²) in [6.07, 6.45) is 0. The molecule has 2 aromatic heterocycles. The molecule has 1 amide bonds. The maximum atomic E-state index is 13.1. The lowest BCUT2D eigenvalue weighted by Gasteiger charge is -2.12. The molecule has 0 saturated carbocycles. The van der Waals surface area contributed by atoms with Crippen LogP contribution in [0.3, 0.4) is 0 Å². The molecule has 0 spiro atoms. The zero-order valence-corrected chi connectivity index (χ0v) is 18.2. The van der Waals surface area contributed by atoms with Crippen LogP contribution in [0.15, 0.2) is 59.1 Å². The van der Waals surface area contributed by atoms with Crippen LogP contribution in [0.5, 0.6) is 5.75 Å². The molecule has 1 unspecified atom stereocenters. The van der Waals surface area contributed by atoms with Gasteiger partial charge in [0.25, 0.3) is 5.91 Å². The number of amides is 1. The molecule has 0 fully saturated rings. The van der Waals surface area contributed by atoms with Crippen LogP contribution in [0, 0.1) is 19.7 Å². The quantitative estimate of drug-likeness (QED) is 0.472. The molecular weight excluding hydrogens is 411 g/mol. The highest BCUT2D eigenvalue weighted by atomic mass is 19.1. The van der Waals surface area contributed by atoms with E-state index < -0.39 is 6.04 Å². The third-order valence-corrected chi connectivity index (χ3v) is 5.25. The van der Waals surface area contributed by atoms with Gasteiger partial charge < -0.3 is 19.1 Å². The van der Waals surface area contributed by atoms with E-state index in [1.807, 2.05) is 48.7 Å². The third-order valence-electron chi connectivity index (χ3n) is 5.25. The van der Waals surface area contributed by atoms with Gasteiger partial charge in [-0.2, -0.15) is 4.98 Å². The number of aromatic nitrogens is 3. The first kappa shape index (κ1) is 21.3. The van der Waals surface area contributed by atoms with E-state index in [0.717, 1.165) is 22.8 Å². The van der Waals surface area contributed by atoms with Gasteiger partial charge >= 0.3 is 0 Å². The number of aryl methyl sites for hydroxylation is 1. The zero-order chi connectivity index (χ0) is 22.8. The van der Waals surface area contributed by atoms with Crippen molar-refractivity contribution in [2.75, 3.05) is 7.11 Å². The first-order valence-electron chi connectivity index (χ1n) is 10.1. The van der Waals surface area contributed by atoms with Crippen molar-refractivity contribution in [3.8, 4) is 22.8 Å². The Bertz CT molecular complexity index is 1260. The molecule has 4 rings (SSSR count). The van der Waals surface area contributed by atoms with E-state index >= 15 is 0 Å². The molecule has 7 nitrogen and oxygen atoms in total. The smallest absolute Gasteiger partial charge is 0.253 e. The summed E-state index contributed by atoms with van der Waals surface area (Å²) in [5, 5.41) is 6.84. The monoisotopic (exact) mass is 434 g/mol. The summed E-state index contributed by atoms with van der Waals surface area (Å²) in [6.45, 7) is 5.60. The Morgan fingerprint density at radius 3 is 2.62 bits per heavy atom. The summed E-state index contributed by atoms with van der Waals surface area (Å²) >= 11 is 0. The van der Waals surface area contributed by atoms with Crippen LogP contribution in [0.25, 0.3) is 17.1 Å². The topological polar surface area (TPSA) is 82.2 Å². The maximum Gasteiger partial charge on any atom is 0.253 e. The van der Waals surface area contributed by atoms with Gasteiger partial charge in [-0.15, -0.1) is 0 Å². The molecule has 32 heavy (non-hydrogen) atoms. The van der Waals surface area contributed by atoms with Gasteiger partial charge in [0.2, 0.25) is 11.7 Å². The number of ether oxygens (including phenoxy) is 1. The fraction of sp³-hybridized carbons (Fsp3) is 0.208. The number of carbonyl (C=O) groups excluding carboxylic acids is 1. The Balaban J connectivity index is 1.54. The molecule has 0 saturated heterocycles. The summed E-state index contributed by atoms with van der Waals surface area (Å²) in [5.74, 6) is 0.741. The van der Waals surface area contributed by atoms with Crippen LogP contribution in [0.2, 0.25) is 0 Å². The second-order valence-electron chi connectivity index (χ2n) is 7.48. The highest BCUT2D eigenvalue weighted by molar-refractivity contribution is 5.96. The Labute approximate surface area is 184 Å². The normalized spacial score (nSPS) is 11.9. The van der Waals surface area contributed by atoms with Crippen molar-refractivity contribution in [2.45, 2.75) is 26.8 Å². The zero-order valence-electron chi connectivity index (χ0n) is 18.2. The van der Waals surface area contributed by atoms with E-state index in [2.05, 4.69) is 15.5 Å². The maximum absolute atomic E-state index is 13.1. The number of benzene rings is 2. The fourth-order valence-corrected chi connectivity index (χ4v) is 3.60. The minimum atomic E-state index is -0.510. The molecule has 8 heteroatoms. The highest BCUT2D eigenvalue weighted by Crippen LogP contribution is 2.25. The molecule has 2 aromatic carbocycles. The highest BCUT2D eigenvalue weighted by Gasteiger charge is 2.22. The van der Waals surface area contributed by atoms with Gasteiger partial charge in [-0.1, -0.05) is 11.2 Å². The number of nitrogens with zero attached hydrogens (tertiary/aromatic N) is 3. The molecule has 4 aromatic rings. The number of methoxy groups -OCH3 is 1. The average molecular weight is 434 g/mol. The van der Waals surface area contributed by atoms with E-state index in [1.165, 1.54) is 12.1 Å². The molecule has 0 aliphatic carbocycles. The van der Waals surface area contributed by atoms with Crippen molar-refractivity contribution in [2.24, 2.45) is 0 Å². The van der Waals surface area contributed by atoms with Crippen molar-refractivity contribution in [1.82, 2.24) is 20.0 Å². The molecule has 0 aliphatic heterocycles. The molecule has 1 atom stereocenters. The summed E-state index contributed by atoms with van der Waals surface area (Å²) in [6, 6.07) is 14.8. The second-order valence-corrected chi connectivity index (χ2v) is 7.48. The Kier molecular flexibility index (Phi) is 5.77. The number of nitrogens with one attached hydrogen (secondary N) is 1. The number of hydrogen-bond donors (Lipinski definition) is 1. The van der Waals surface area contributed by atoms with Crippen molar-refractivity contribution in [1.29, 1.82) is 0 Å². The lowest BCUT2D eigenvalue weighted by molar-refractivity contribution is 0.0932. The fourth-order valence-electron chi connectivity index (χ4n) is 3.60. The molecule has 2 heterocycles. The Morgan fingerprint density at radius 1 is 1.16 bits per heavy atom. The van der Waals surface area contributed by atoms with Crippen molar-refractivity contribution >= 4 is 5.91 Å². The van der Waals surface area contributed by atoms with Crippen LogP contribution in [-0.2, 0) is 0 Å². The SMILES string of the molecule is COc1cccc(-n2c(C)cc(C(=O)NC(C)c3nc(-c4ccc(F)cc4)no3)c2C)c1. The summed E-state index contributed by atoms with van der Waals surface area (Å²) < 4.78 is 25.8. The standard InChI is InChI=1S/C24H23FN4O3/c1-14-12-21(16(3)29(14)19-6-5-7-20(13-19)31-4)23(30)26-15(2)24-27-22(28-32-24)17-8-10-18(25)11-9-17/h5-13,15H,1-4H3,(H,26,30). The van der Waals surface area contributed by atoms with Gasteiger partial charge in [0.15, 0.2) is 0 Å². The molecule has 0 bridgehead atoms. The average Bonchev–Trinajstić information content (AvgIpc) is 3.39. The van der Waals surface area contributed by atoms with E-state index in [1.54, 1.807) is 26.2 Å². The van der Waals surface area contributed by atoms with E-state index in [4.69, 9.17) is 9.26 Å². The second kappa shape index (κ2) is 8.66. The third kappa shape index (κ3) is 4.12. The molecule has 164 valence electrons. The predicted molar refractivity (Wildman–Crippen MR) is 117 cm³/mol. The van der Waals surface area contributed by atoms with Crippen LogP contribution in [0.4, 0.5) is 4.39 Å². The van der Waals surface area contributed by atoms with Crippen molar-refractivity contribution < 1.29 is 18.4 Å². The molecule has 0 aliphatic rings. The van der Waals surface area contributed by atoms with Gasteiger partial charge in [0.1, 0.15) is 17.6 Å². The largest absolute Gasteiger partial charge is 0.497 e. The summed E-state index contributed by atoms with van der Waals surface area (Å²) in [7, 11) is 1.62. The minimum Gasteiger partial charge on any atom is -0.497 e.